The van der Waals surface area contributed by atoms with E-state index in [1.54, 1.807) is 37.3 Å². The predicted octanol–water partition coefficient (Wildman–Crippen LogP) is 5.62. The first-order valence-corrected chi connectivity index (χ1v) is 9.12. The third kappa shape index (κ3) is 3.65. The molecule has 0 atom stereocenters. The topological polar surface area (TPSA) is 52.6 Å². The number of hydrogen-bond acceptors (Lipinski definition) is 4. The summed E-state index contributed by atoms with van der Waals surface area (Å²) in [6.45, 7) is 1.69. The summed E-state index contributed by atoms with van der Waals surface area (Å²) in [6, 6.07) is 15.2. The fourth-order valence-electron chi connectivity index (χ4n) is 2.96. The average Bonchev–Trinajstić information content (AvgIpc) is 3.03. The number of carbonyl (C=O) groups is 2. The van der Waals surface area contributed by atoms with Crippen LogP contribution in [-0.2, 0) is 0 Å². The number of fused-ring (bicyclic) bond motifs is 1. The van der Waals surface area contributed by atoms with Crippen LogP contribution in [0.5, 0.6) is 11.5 Å². The van der Waals surface area contributed by atoms with Crippen LogP contribution in [0, 0.1) is 12.7 Å². The van der Waals surface area contributed by atoms with Gasteiger partial charge in [-0.25, -0.2) is 9.18 Å². The van der Waals surface area contributed by atoms with E-state index in [9.17, 15) is 14.0 Å². The number of ketones is 1. The highest BCUT2D eigenvalue weighted by atomic mass is 35.5. The lowest BCUT2D eigenvalue weighted by Crippen LogP contribution is -2.09. The fourth-order valence-corrected chi connectivity index (χ4v) is 3.15. The van der Waals surface area contributed by atoms with Crippen molar-refractivity contribution in [2.24, 2.45) is 0 Å². The van der Waals surface area contributed by atoms with Crippen LogP contribution in [0.4, 0.5) is 4.39 Å². The highest BCUT2D eigenvalue weighted by Crippen LogP contribution is 2.39. The molecule has 0 radical (unpaired) electrons. The smallest absolute Gasteiger partial charge is 0.343 e. The van der Waals surface area contributed by atoms with Crippen molar-refractivity contribution in [3.05, 3.63) is 99.5 Å². The van der Waals surface area contributed by atoms with E-state index in [1.165, 1.54) is 30.3 Å². The van der Waals surface area contributed by atoms with Crippen molar-refractivity contribution in [1.29, 1.82) is 0 Å². The van der Waals surface area contributed by atoms with E-state index < -0.39 is 11.8 Å². The van der Waals surface area contributed by atoms with Crippen LogP contribution in [-0.4, -0.2) is 11.8 Å². The van der Waals surface area contributed by atoms with Crippen LogP contribution in [0.15, 0.2) is 66.4 Å². The molecule has 1 aliphatic heterocycles. The summed E-state index contributed by atoms with van der Waals surface area (Å²) in [6.07, 6.45) is 1.58. The first-order chi connectivity index (χ1) is 13.9. The Morgan fingerprint density at radius 1 is 1.07 bits per heavy atom. The van der Waals surface area contributed by atoms with Gasteiger partial charge >= 0.3 is 5.97 Å². The molecule has 29 heavy (non-hydrogen) atoms. The molecule has 0 N–H and O–H groups in total. The molecule has 0 spiro atoms. The first-order valence-electron chi connectivity index (χ1n) is 8.74. The molecule has 4 rings (SSSR count). The summed E-state index contributed by atoms with van der Waals surface area (Å²) < 4.78 is 24.2. The van der Waals surface area contributed by atoms with Crippen molar-refractivity contribution in [1.82, 2.24) is 0 Å². The van der Waals surface area contributed by atoms with E-state index in [-0.39, 0.29) is 22.9 Å². The molecule has 1 heterocycles. The molecule has 0 unspecified atom stereocenters. The maximum absolute atomic E-state index is 13.0. The molecule has 0 amide bonds. The van der Waals surface area contributed by atoms with E-state index in [1.807, 2.05) is 6.07 Å². The van der Waals surface area contributed by atoms with Gasteiger partial charge in [-0.15, -0.1) is 0 Å². The summed E-state index contributed by atoms with van der Waals surface area (Å²) in [4.78, 5) is 25.0. The summed E-state index contributed by atoms with van der Waals surface area (Å²) in [7, 11) is 0. The Bertz CT molecular complexity index is 1170. The molecular weight excluding hydrogens is 395 g/mol. The van der Waals surface area contributed by atoms with Gasteiger partial charge in [-0.05, 0) is 61.0 Å². The normalized spacial score (nSPS) is 13.9. The number of halogens is 2. The second-order valence-electron chi connectivity index (χ2n) is 6.42. The van der Waals surface area contributed by atoms with Crippen molar-refractivity contribution >= 4 is 29.4 Å². The SMILES string of the molecule is Cc1c(OC(=O)c2ccc(F)cc2)ccc2c1O/C(=C\c1ccccc1Cl)C2=O. The van der Waals surface area contributed by atoms with Crippen molar-refractivity contribution < 1.29 is 23.5 Å². The summed E-state index contributed by atoms with van der Waals surface area (Å²) >= 11 is 6.15. The summed E-state index contributed by atoms with van der Waals surface area (Å²) in [5, 5.41) is 0.498. The minimum absolute atomic E-state index is 0.137. The minimum Gasteiger partial charge on any atom is -0.452 e. The molecule has 0 fully saturated rings. The van der Waals surface area contributed by atoms with Crippen molar-refractivity contribution in [3.8, 4) is 11.5 Å². The maximum atomic E-state index is 13.0. The zero-order chi connectivity index (χ0) is 20.5. The van der Waals surface area contributed by atoms with Crippen LogP contribution in [0.25, 0.3) is 6.08 Å². The van der Waals surface area contributed by atoms with Crippen LogP contribution >= 0.6 is 11.6 Å². The second kappa shape index (κ2) is 7.53. The van der Waals surface area contributed by atoms with E-state index in [0.717, 1.165) is 0 Å². The van der Waals surface area contributed by atoms with Crippen LogP contribution < -0.4 is 9.47 Å². The molecule has 0 aliphatic carbocycles. The zero-order valence-corrected chi connectivity index (χ0v) is 16.0. The van der Waals surface area contributed by atoms with E-state index in [4.69, 9.17) is 21.1 Å². The Balaban J connectivity index is 1.62. The van der Waals surface area contributed by atoms with Gasteiger partial charge in [0, 0.05) is 10.6 Å². The van der Waals surface area contributed by atoms with E-state index in [2.05, 4.69) is 0 Å². The van der Waals surface area contributed by atoms with Gasteiger partial charge in [0.05, 0.1) is 11.1 Å². The van der Waals surface area contributed by atoms with E-state index in [0.29, 0.717) is 27.5 Å². The monoisotopic (exact) mass is 408 g/mol. The Morgan fingerprint density at radius 2 is 1.79 bits per heavy atom. The Morgan fingerprint density at radius 3 is 2.52 bits per heavy atom. The summed E-state index contributed by atoms with van der Waals surface area (Å²) in [5.74, 6) is -0.635. The fraction of sp³-hybridized carbons (Fsp3) is 0.0435. The molecule has 4 nitrogen and oxygen atoms in total. The van der Waals surface area contributed by atoms with Crippen molar-refractivity contribution in [2.45, 2.75) is 6.92 Å². The zero-order valence-electron chi connectivity index (χ0n) is 15.2. The average molecular weight is 409 g/mol. The maximum Gasteiger partial charge on any atom is 0.343 e. The Kier molecular flexibility index (Phi) is 4.91. The van der Waals surface area contributed by atoms with Crippen LogP contribution in [0.1, 0.15) is 31.8 Å². The number of ether oxygens (including phenoxy) is 2. The van der Waals surface area contributed by atoms with Gasteiger partial charge in [0.1, 0.15) is 17.3 Å². The Hall–Kier alpha value is -3.44. The van der Waals surface area contributed by atoms with Gasteiger partial charge in [-0.2, -0.15) is 0 Å². The second-order valence-corrected chi connectivity index (χ2v) is 6.83. The molecule has 0 bridgehead atoms. The molecule has 0 saturated heterocycles. The lowest BCUT2D eigenvalue weighted by atomic mass is 10.1. The first kappa shape index (κ1) is 18.9. The summed E-state index contributed by atoms with van der Waals surface area (Å²) in [5.41, 5.74) is 1.75. The highest BCUT2D eigenvalue weighted by molar-refractivity contribution is 6.32. The molecule has 3 aromatic carbocycles. The molecule has 144 valence electrons. The quantitative estimate of drug-likeness (QED) is 0.320. The third-order valence-corrected chi connectivity index (χ3v) is 4.86. The van der Waals surface area contributed by atoms with Gasteiger partial charge < -0.3 is 9.47 Å². The van der Waals surface area contributed by atoms with Gasteiger partial charge in [-0.1, -0.05) is 29.8 Å². The number of esters is 1. The Labute approximate surface area is 171 Å². The molecular formula is C23H14ClFO4. The largest absolute Gasteiger partial charge is 0.452 e. The number of carbonyl (C=O) groups excluding carboxylic acids is 2. The molecule has 0 saturated carbocycles. The number of allylic oxidation sites excluding steroid dienone is 1. The molecule has 6 heteroatoms. The predicted molar refractivity (Wildman–Crippen MR) is 107 cm³/mol. The molecule has 1 aliphatic rings. The minimum atomic E-state index is -0.635. The molecule has 0 aromatic heterocycles. The lowest BCUT2D eigenvalue weighted by molar-refractivity contribution is 0.0733. The van der Waals surface area contributed by atoms with Gasteiger partial charge in [0.2, 0.25) is 5.78 Å². The molecule has 3 aromatic rings. The van der Waals surface area contributed by atoms with Crippen molar-refractivity contribution in [2.75, 3.05) is 0 Å². The van der Waals surface area contributed by atoms with Gasteiger partial charge in [0.25, 0.3) is 0 Å². The van der Waals surface area contributed by atoms with Crippen LogP contribution in [0.2, 0.25) is 5.02 Å². The van der Waals surface area contributed by atoms with Crippen LogP contribution in [0.3, 0.4) is 0 Å². The number of benzene rings is 3. The highest BCUT2D eigenvalue weighted by Gasteiger charge is 2.30. The number of rotatable bonds is 3. The van der Waals surface area contributed by atoms with Gasteiger partial charge in [0.15, 0.2) is 5.76 Å². The lowest BCUT2D eigenvalue weighted by Gasteiger charge is -2.10. The van der Waals surface area contributed by atoms with Gasteiger partial charge in [-0.3, -0.25) is 4.79 Å². The number of hydrogen-bond donors (Lipinski definition) is 0. The third-order valence-electron chi connectivity index (χ3n) is 4.51. The number of Topliss-reactive ketones (excluding diaryl/α,β-unsaturated/α-hetero) is 1. The standard InChI is InChI=1S/C23H14ClFO4/c1-13-19(29-23(27)14-6-8-16(25)9-7-14)11-10-17-21(26)20(28-22(13)17)12-15-4-2-3-5-18(15)24/h2-12H,1H3/b20-12-. The van der Waals surface area contributed by atoms with Crippen molar-refractivity contribution in [3.63, 3.8) is 0 Å². The van der Waals surface area contributed by atoms with E-state index >= 15 is 0 Å².